The first-order chi connectivity index (χ1) is 8.13. The summed E-state index contributed by atoms with van der Waals surface area (Å²) < 4.78 is 5.86. The molecule has 1 N–H and O–H groups in total. The molecule has 0 aromatic heterocycles. The Kier molecular flexibility index (Phi) is 4.75. The zero-order valence-corrected chi connectivity index (χ0v) is 12.2. The molecule has 2 atom stereocenters. The second-order valence-electron chi connectivity index (χ2n) is 5.59. The van der Waals surface area contributed by atoms with Crippen molar-refractivity contribution in [2.24, 2.45) is 0 Å². The molecular weight excluding hydrogens is 232 g/mol. The van der Waals surface area contributed by atoms with Gasteiger partial charge in [0.05, 0.1) is 5.60 Å². The van der Waals surface area contributed by atoms with E-state index in [0.717, 1.165) is 43.0 Å². The second-order valence-corrected chi connectivity index (χ2v) is 7.47. The predicted octanol–water partition coefficient (Wildman–Crippen LogP) is 1.58. The number of hydrogen-bond acceptors (Lipinski definition) is 4. The molecular formula is C13H26N2OS. The van der Waals surface area contributed by atoms with E-state index in [1.165, 1.54) is 13.1 Å². The van der Waals surface area contributed by atoms with E-state index in [0.29, 0.717) is 0 Å². The van der Waals surface area contributed by atoms with Crippen molar-refractivity contribution in [1.82, 2.24) is 10.2 Å². The molecule has 2 rings (SSSR count). The molecule has 100 valence electrons. The summed E-state index contributed by atoms with van der Waals surface area (Å²) in [4.78, 5) is 2.61. The van der Waals surface area contributed by atoms with Gasteiger partial charge in [-0.25, -0.2) is 0 Å². The van der Waals surface area contributed by atoms with Crippen LogP contribution >= 0.6 is 11.8 Å². The lowest BCUT2D eigenvalue weighted by Crippen LogP contribution is -2.54. The summed E-state index contributed by atoms with van der Waals surface area (Å²) >= 11 is 2.12. The molecule has 2 aliphatic heterocycles. The van der Waals surface area contributed by atoms with Crippen LogP contribution in [0.2, 0.25) is 0 Å². The SMILES string of the molecule is COC1(CN2CC(C)SC(C)C2)CCNCC1. The molecule has 2 saturated heterocycles. The van der Waals surface area contributed by atoms with Crippen LogP contribution in [0, 0.1) is 0 Å². The number of nitrogens with one attached hydrogen (secondary N) is 1. The van der Waals surface area contributed by atoms with Gasteiger partial charge in [0.15, 0.2) is 0 Å². The average Bonchev–Trinajstić information content (AvgIpc) is 2.29. The van der Waals surface area contributed by atoms with Crippen LogP contribution in [0.5, 0.6) is 0 Å². The van der Waals surface area contributed by atoms with E-state index < -0.39 is 0 Å². The van der Waals surface area contributed by atoms with Crippen LogP contribution in [-0.4, -0.2) is 60.8 Å². The first kappa shape index (κ1) is 13.7. The molecule has 3 nitrogen and oxygen atoms in total. The predicted molar refractivity (Wildman–Crippen MR) is 74.8 cm³/mol. The summed E-state index contributed by atoms with van der Waals surface area (Å²) in [6.07, 6.45) is 2.30. The summed E-state index contributed by atoms with van der Waals surface area (Å²) in [6.45, 7) is 10.4. The number of rotatable bonds is 3. The standard InChI is InChI=1S/C13H26N2OS/c1-11-8-15(9-12(2)17-11)10-13(16-3)4-6-14-7-5-13/h11-12,14H,4-10H2,1-3H3. The van der Waals surface area contributed by atoms with Gasteiger partial charge in [0.1, 0.15) is 0 Å². The van der Waals surface area contributed by atoms with Gasteiger partial charge in [0.25, 0.3) is 0 Å². The van der Waals surface area contributed by atoms with Gasteiger partial charge in [-0.3, -0.25) is 4.90 Å². The molecule has 0 spiro atoms. The zero-order chi connectivity index (χ0) is 12.3. The van der Waals surface area contributed by atoms with E-state index >= 15 is 0 Å². The monoisotopic (exact) mass is 258 g/mol. The van der Waals surface area contributed by atoms with Crippen LogP contribution < -0.4 is 5.32 Å². The van der Waals surface area contributed by atoms with Crippen LogP contribution in [-0.2, 0) is 4.74 Å². The van der Waals surface area contributed by atoms with Crippen molar-refractivity contribution in [3.05, 3.63) is 0 Å². The van der Waals surface area contributed by atoms with Crippen LogP contribution in [0.1, 0.15) is 26.7 Å². The summed E-state index contributed by atoms with van der Waals surface area (Å²) in [5, 5.41) is 4.94. The third-order valence-corrected chi connectivity index (χ3v) is 5.18. The molecule has 0 saturated carbocycles. The minimum absolute atomic E-state index is 0.104. The third-order valence-electron chi connectivity index (χ3n) is 3.95. The molecule has 2 heterocycles. The van der Waals surface area contributed by atoms with Crippen molar-refractivity contribution in [2.45, 2.75) is 42.8 Å². The van der Waals surface area contributed by atoms with Gasteiger partial charge < -0.3 is 10.1 Å². The lowest BCUT2D eigenvalue weighted by molar-refractivity contribution is -0.0572. The number of thioether (sulfide) groups is 1. The Bertz CT molecular complexity index is 234. The van der Waals surface area contributed by atoms with Crippen molar-refractivity contribution in [3.63, 3.8) is 0 Å². The highest BCUT2D eigenvalue weighted by Gasteiger charge is 2.35. The number of piperidine rings is 1. The molecule has 0 aromatic carbocycles. The molecule has 0 radical (unpaired) electrons. The van der Waals surface area contributed by atoms with E-state index in [-0.39, 0.29) is 5.60 Å². The van der Waals surface area contributed by atoms with Gasteiger partial charge in [0.2, 0.25) is 0 Å². The molecule has 0 aromatic rings. The summed E-state index contributed by atoms with van der Waals surface area (Å²) in [5.74, 6) is 0. The number of hydrogen-bond donors (Lipinski definition) is 1. The van der Waals surface area contributed by atoms with Gasteiger partial charge in [0, 0.05) is 37.2 Å². The minimum Gasteiger partial charge on any atom is -0.377 e. The van der Waals surface area contributed by atoms with Gasteiger partial charge in [-0.2, -0.15) is 11.8 Å². The summed E-state index contributed by atoms with van der Waals surface area (Å²) in [6, 6.07) is 0. The fraction of sp³-hybridized carbons (Fsp3) is 1.00. The van der Waals surface area contributed by atoms with Crippen molar-refractivity contribution in [2.75, 3.05) is 39.8 Å². The minimum atomic E-state index is 0.104. The molecule has 0 amide bonds. The zero-order valence-electron chi connectivity index (χ0n) is 11.4. The van der Waals surface area contributed by atoms with E-state index in [9.17, 15) is 0 Å². The van der Waals surface area contributed by atoms with E-state index in [1.807, 2.05) is 7.11 Å². The van der Waals surface area contributed by atoms with E-state index in [2.05, 4.69) is 35.8 Å². The second kappa shape index (κ2) is 5.91. The van der Waals surface area contributed by atoms with Crippen LogP contribution in [0.3, 0.4) is 0 Å². The Morgan fingerprint density at radius 2 is 1.82 bits per heavy atom. The normalized spacial score (nSPS) is 34.8. The number of nitrogens with zero attached hydrogens (tertiary/aromatic N) is 1. The Morgan fingerprint density at radius 1 is 1.24 bits per heavy atom. The Hall–Kier alpha value is 0.230. The average molecular weight is 258 g/mol. The van der Waals surface area contributed by atoms with Gasteiger partial charge >= 0.3 is 0 Å². The fourth-order valence-corrected chi connectivity index (χ4v) is 4.52. The first-order valence-electron chi connectivity index (χ1n) is 6.77. The van der Waals surface area contributed by atoms with Crippen molar-refractivity contribution in [1.29, 1.82) is 0 Å². The largest absolute Gasteiger partial charge is 0.377 e. The quantitative estimate of drug-likeness (QED) is 0.831. The highest BCUT2D eigenvalue weighted by Crippen LogP contribution is 2.29. The number of methoxy groups -OCH3 is 1. The third kappa shape index (κ3) is 3.60. The fourth-order valence-electron chi connectivity index (χ4n) is 3.13. The smallest absolute Gasteiger partial charge is 0.0829 e. The lowest BCUT2D eigenvalue weighted by Gasteiger charge is -2.43. The van der Waals surface area contributed by atoms with E-state index in [1.54, 1.807) is 0 Å². The maximum absolute atomic E-state index is 5.86. The van der Waals surface area contributed by atoms with Crippen LogP contribution in [0.25, 0.3) is 0 Å². The van der Waals surface area contributed by atoms with Gasteiger partial charge in [-0.05, 0) is 25.9 Å². The molecule has 2 unspecified atom stereocenters. The summed E-state index contributed by atoms with van der Waals surface area (Å²) in [5.41, 5.74) is 0.104. The Balaban J connectivity index is 1.93. The number of ether oxygens (including phenoxy) is 1. The molecule has 0 bridgehead atoms. The molecule has 17 heavy (non-hydrogen) atoms. The van der Waals surface area contributed by atoms with Gasteiger partial charge in [-0.15, -0.1) is 0 Å². The van der Waals surface area contributed by atoms with Gasteiger partial charge in [-0.1, -0.05) is 13.8 Å². The molecule has 2 aliphatic rings. The van der Waals surface area contributed by atoms with Crippen molar-refractivity contribution < 1.29 is 4.74 Å². The topological polar surface area (TPSA) is 24.5 Å². The lowest BCUT2D eigenvalue weighted by atomic mass is 9.91. The van der Waals surface area contributed by atoms with Crippen LogP contribution in [0.15, 0.2) is 0 Å². The Morgan fingerprint density at radius 3 is 2.35 bits per heavy atom. The van der Waals surface area contributed by atoms with Crippen molar-refractivity contribution in [3.8, 4) is 0 Å². The molecule has 4 heteroatoms. The van der Waals surface area contributed by atoms with Crippen LogP contribution in [0.4, 0.5) is 0 Å². The Labute approximate surface area is 110 Å². The van der Waals surface area contributed by atoms with Crippen molar-refractivity contribution >= 4 is 11.8 Å². The molecule has 0 aliphatic carbocycles. The van der Waals surface area contributed by atoms with E-state index in [4.69, 9.17) is 4.74 Å². The highest BCUT2D eigenvalue weighted by molar-refractivity contribution is 8.00. The highest BCUT2D eigenvalue weighted by atomic mass is 32.2. The maximum atomic E-state index is 5.86. The first-order valence-corrected chi connectivity index (χ1v) is 7.71. The molecule has 2 fully saturated rings. The summed E-state index contributed by atoms with van der Waals surface area (Å²) in [7, 11) is 1.89. The maximum Gasteiger partial charge on any atom is 0.0829 e.